The van der Waals surface area contributed by atoms with Crippen LogP contribution in [0.4, 0.5) is 0 Å². The van der Waals surface area contributed by atoms with Crippen LogP contribution in [0.5, 0.6) is 17.2 Å². The number of fused-ring (bicyclic) bond motifs is 1. The van der Waals surface area contributed by atoms with Crippen LogP contribution in [0.2, 0.25) is 0 Å². The van der Waals surface area contributed by atoms with Crippen LogP contribution in [0, 0.1) is 0 Å². The first-order chi connectivity index (χ1) is 19.5. The third-order valence-corrected chi connectivity index (χ3v) is 6.74. The highest BCUT2D eigenvalue weighted by Crippen LogP contribution is 2.35. The fourth-order valence-electron chi connectivity index (χ4n) is 4.39. The second-order valence-corrected chi connectivity index (χ2v) is 10.7. The molecule has 2 rings (SSSR count). The summed E-state index contributed by atoms with van der Waals surface area (Å²) in [4.78, 5) is 13.0. The van der Waals surface area contributed by atoms with Gasteiger partial charge in [-0.3, -0.25) is 0 Å². The van der Waals surface area contributed by atoms with E-state index in [1.165, 1.54) is 56.1 Å². The van der Waals surface area contributed by atoms with Crippen LogP contribution in [-0.4, -0.2) is 19.8 Å². The van der Waals surface area contributed by atoms with Crippen molar-refractivity contribution < 1.29 is 18.6 Å². The molecule has 1 heterocycles. The van der Waals surface area contributed by atoms with Gasteiger partial charge in [-0.05, 0) is 71.1 Å². The molecule has 0 amide bonds. The fourth-order valence-corrected chi connectivity index (χ4v) is 4.39. The first kappa shape index (κ1) is 33.3. The van der Waals surface area contributed by atoms with Crippen molar-refractivity contribution in [2.45, 2.75) is 112 Å². The zero-order valence-electron chi connectivity index (χ0n) is 25.7. The normalized spacial score (nSPS) is 11.8. The number of benzene rings is 1. The van der Waals surface area contributed by atoms with Gasteiger partial charge in [-0.2, -0.15) is 0 Å². The molecular formula is C35H52O5. The Hall–Kier alpha value is -2.95. The second-order valence-electron chi connectivity index (χ2n) is 10.7. The Balaban J connectivity index is 2.08. The topological polar surface area (TPSA) is 57.9 Å². The van der Waals surface area contributed by atoms with E-state index in [9.17, 15) is 4.79 Å². The number of ether oxygens (including phenoxy) is 3. The van der Waals surface area contributed by atoms with Gasteiger partial charge in [-0.25, -0.2) is 4.79 Å². The van der Waals surface area contributed by atoms with E-state index in [0.717, 1.165) is 32.1 Å². The van der Waals surface area contributed by atoms with Crippen LogP contribution in [-0.2, 0) is 0 Å². The highest BCUT2D eigenvalue weighted by atomic mass is 16.5. The van der Waals surface area contributed by atoms with Crippen molar-refractivity contribution in [3.05, 3.63) is 64.1 Å². The molecule has 2 aromatic rings. The molecule has 0 radical (unpaired) electrons. The summed E-state index contributed by atoms with van der Waals surface area (Å²) < 4.78 is 23.7. The van der Waals surface area contributed by atoms with Crippen LogP contribution in [0.15, 0.2) is 62.9 Å². The first-order valence-corrected chi connectivity index (χ1v) is 15.4. The molecule has 0 aliphatic heterocycles. The summed E-state index contributed by atoms with van der Waals surface area (Å²) in [5.74, 6) is 1.24. The lowest BCUT2D eigenvalue weighted by atomic mass is 10.1. The van der Waals surface area contributed by atoms with Crippen molar-refractivity contribution in [1.29, 1.82) is 0 Å². The quantitative estimate of drug-likeness (QED) is 0.0876. The predicted octanol–water partition coefficient (Wildman–Crippen LogP) is 10.1. The van der Waals surface area contributed by atoms with Gasteiger partial charge in [0.1, 0.15) is 17.9 Å². The average Bonchev–Trinajstić information content (AvgIpc) is 2.92. The Kier molecular flexibility index (Phi) is 16.6. The molecule has 0 aliphatic carbocycles. The molecule has 0 spiro atoms. The molecule has 0 fully saturated rings. The molecule has 222 valence electrons. The monoisotopic (exact) mass is 552 g/mol. The molecule has 0 saturated heterocycles. The van der Waals surface area contributed by atoms with E-state index in [4.69, 9.17) is 18.6 Å². The van der Waals surface area contributed by atoms with E-state index >= 15 is 0 Å². The number of unbranched alkanes of at least 4 members (excludes halogenated alkanes) is 7. The summed E-state index contributed by atoms with van der Waals surface area (Å²) in [6, 6.07) is 5.59. The molecule has 0 aliphatic rings. The van der Waals surface area contributed by atoms with Gasteiger partial charge in [0.25, 0.3) is 0 Å². The Labute approximate surface area is 242 Å². The van der Waals surface area contributed by atoms with E-state index in [1.807, 2.05) is 18.2 Å². The van der Waals surface area contributed by atoms with Crippen molar-refractivity contribution in [2.75, 3.05) is 19.8 Å². The van der Waals surface area contributed by atoms with Crippen molar-refractivity contribution in [2.24, 2.45) is 0 Å². The summed E-state index contributed by atoms with van der Waals surface area (Å²) in [5.41, 5.74) is 2.43. The Bertz CT molecular complexity index is 1130. The predicted molar refractivity (Wildman–Crippen MR) is 168 cm³/mol. The summed E-state index contributed by atoms with van der Waals surface area (Å²) >= 11 is 0. The zero-order chi connectivity index (χ0) is 29.0. The lowest BCUT2D eigenvalue weighted by Crippen LogP contribution is -2.11. The largest absolute Gasteiger partial charge is 0.493 e. The van der Waals surface area contributed by atoms with Crippen molar-refractivity contribution in [3.63, 3.8) is 0 Å². The van der Waals surface area contributed by atoms with E-state index in [1.54, 1.807) is 6.07 Å². The molecule has 40 heavy (non-hydrogen) atoms. The van der Waals surface area contributed by atoms with Gasteiger partial charge < -0.3 is 18.6 Å². The van der Waals surface area contributed by atoms with Gasteiger partial charge in [0, 0.05) is 6.07 Å². The molecule has 0 atom stereocenters. The summed E-state index contributed by atoms with van der Waals surface area (Å²) in [6.07, 6.45) is 22.1. The van der Waals surface area contributed by atoms with E-state index in [2.05, 4.69) is 52.8 Å². The fraction of sp³-hybridized carbons (Fsp3) is 0.571. The number of hydrogen-bond acceptors (Lipinski definition) is 5. The first-order valence-electron chi connectivity index (χ1n) is 15.4. The van der Waals surface area contributed by atoms with Crippen molar-refractivity contribution in [1.82, 2.24) is 0 Å². The third kappa shape index (κ3) is 12.9. The maximum Gasteiger partial charge on any atom is 0.383 e. The molecule has 0 N–H and O–H groups in total. The second kappa shape index (κ2) is 20.0. The summed E-state index contributed by atoms with van der Waals surface area (Å²) in [7, 11) is 0. The minimum absolute atomic E-state index is 0.118. The van der Waals surface area contributed by atoms with E-state index in [-0.39, 0.29) is 12.4 Å². The van der Waals surface area contributed by atoms with E-state index < -0.39 is 5.63 Å². The summed E-state index contributed by atoms with van der Waals surface area (Å²) in [6.45, 7) is 12.0. The van der Waals surface area contributed by atoms with Gasteiger partial charge in [-0.1, -0.05) is 88.2 Å². The SMILES string of the molecule is CCC=CCCOc1c(OCC=C(C)CCC=C(C)C)c(=O)oc2cc(OCCCCCCCCCC)ccc12. The van der Waals surface area contributed by atoms with Crippen LogP contribution >= 0.6 is 0 Å². The minimum Gasteiger partial charge on any atom is -0.493 e. The number of allylic oxidation sites excluding steroid dienone is 4. The maximum atomic E-state index is 13.0. The Morgan fingerprint density at radius 3 is 2.27 bits per heavy atom. The average molecular weight is 553 g/mol. The molecule has 0 bridgehead atoms. The number of hydrogen-bond donors (Lipinski definition) is 0. The minimum atomic E-state index is -0.539. The van der Waals surface area contributed by atoms with Gasteiger partial charge >= 0.3 is 5.63 Å². The highest BCUT2D eigenvalue weighted by Gasteiger charge is 2.18. The van der Waals surface area contributed by atoms with Gasteiger partial charge in [-0.15, -0.1) is 0 Å². The van der Waals surface area contributed by atoms with Gasteiger partial charge in [0.15, 0.2) is 5.75 Å². The summed E-state index contributed by atoms with van der Waals surface area (Å²) in [5, 5.41) is 0.706. The molecular weight excluding hydrogens is 500 g/mol. The zero-order valence-corrected chi connectivity index (χ0v) is 25.7. The van der Waals surface area contributed by atoms with Crippen LogP contribution in [0.3, 0.4) is 0 Å². The van der Waals surface area contributed by atoms with Crippen LogP contribution < -0.4 is 19.8 Å². The number of rotatable bonds is 21. The molecule has 5 nitrogen and oxygen atoms in total. The standard InChI is InChI=1S/C35H52O5/c1-6-8-10-12-13-14-15-17-24-37-30-21-22-31-32(27-30)40-35(36)34(33(31)38-25-16-11-9-7-2)39-26-23-29(5)20-18-19-28(3)4/h9,11,19,21-23,27H,6-8,10,12-18,20,24-26H2,1-5H3. The third-order valence-electron chi connectivity index (χ3n) is 6.74. The molecule has 1 aromatic carbocycles. The van der Waals surface area contributed by atoms with Crippen molar-refractivity contribution in [3.8, 4) is 17.2 Å². The molecule has 0 unspecified atom stereocenters. The van der Waals surface area contributed by atoms with Crippen molar-refractivity contribution >= 4 is 11.0 Å². The van der Waals surface area contributed by atoms with Crippen LogP contribution in [0.25, 0.3) is 11.0 Å². The molecule has 0 saturated carbocycles. The van der Waals surface area contributed by atoms with E-state index in [0.29, 0.717) is 35.7 Å². The molecule has 5 heteroatoms. The van der Waals surface area contributed by atoms with Gasteiger partial charge in [0.05, 0.1) is 18.6 Å². The lowest BCUT2D eigenvalue weighted by molar-refractivity contribution is 0.279. The van der Waals surface area contributed by atoms with Gasteiger partial charge in [0.2, 0.25) is 5.75 Å². The van der Waals surface area contributed by atoms with Crippen LogP contribution in [0.1, 0.15) is 112 Å². The molecule has 1 aromatic heterocycles. The Morgan fingerprint density at radius 1 is 0.800 bits per heavy atom. The lowest BCUT2D eigenvalue weighted by Gasteiger charge is -2.14. The Morgan fingerprint density at radius 2 is 1.55 bits per heavy atom. The highest BCUT2D eigenvalue weighted by molar-refractivity contribution is 5.86. The maximum absolute atomic E-state index is 13.0. The smallest absolute Gasteiger partial charge is 0.383 e.